The fraction of sp³-hybridized carbons (Fsp3) is 0.240. The SMILES string of the molecule is CCOc1cc(-c2nc3ccc4ccccc4c3c3c2CN(C)CC3)ccc1O. The Hall–Kier alpha value is -3.11. The van der Waals surface area contributed by atoms with Crippen LogP contribution in [0.2, 0.25) is 0 Å². The van der Waals surface area contributed by atoms with Gasteiger partial charge in [0.1, 0.15) is 0 Å². The predicted octanol–water partition coefficient (Wildman–Crippen LogP) is 5.15. The zero-order chi connectivity index (χ0) is 20.0. The third-order valence-corrected chi connectivity index (χ3v) is 5.80. The van der Waals surface area contributed by atoms with Gasteiger partial charge < -0.3 is 14.7 Å². The summed E-state index contributed by atoms with van der Waals surface area (Å²) < 4.78 is 5.62. The second-order valence-electron chi connectivity index (χ2n) is 7.70. The van der Waals surface area contributed by atoms with E-state index in [0.29, 0.717) is 12.4 Å². The molecule has 0 aliphatic carbocycles. The molecule has 1 aromatic heterocycles. The molecule has 0 bridgehead atoms. The quantitative estimate of drug-likeness (QED) is 0.496. The molecule has 29 heavy (non-hydrogen) atoms. The summed E-state index contributed by atoms with van der Waals surface area (Å²) in [6.45, 7) is 4.33. The van der Waals surface area contributed by atoms with Crippen LogP contribution in [0.5, 0.6) is 11.5 Å². The van der Waals surface area contributed by atoms with Crippen molar-refractivity contribution in [3.63, 3.8) is 0 Å². The molecule has 0 atom stereocenters. The van der Waals surface area contributed by atoms with Gasteiger partial charge in [-0.3, -0.25) is 0 Å². The summed E-state index contributed by atoms with van der Waals surface area (Å²) in [5, 5.41) is 13.9. The molecule has 3 aromatic carbocycles. The van der Waals surface area contributed by atoms with Crippen LogP contribution < -0.4 is 4.74 Å². The molecule has 4 aromatic rings. The van der Waals surface area contributed by atoms with Crippen LogP contribution in [0.4, 0.5) is 0 Å². The summed E-state index contributed by atoms with van der Waals surface area (Å²) in [5.74, 6) is 0.664. The number of rotatable bonds is 3. The van der Waals surface area contributed by atoms with Gasteiger partial charge in [0.25, 0.3) is 0 Å². The molecule has 0 unspecified atom stereocenters. The van der Waals surface area contributed by atoms with E-state index in [1.807, 2.05) is 19.1 Å². The van der Waals surface area contributed by atoms with Crippen molar-refractivity contribution in [3.8, 4) is 22.8 Å². The summed E-state index contributed by atoms with van der Waals surface area (Å²) in [4.78, 5) is 7.45. The van der Waals surface area contributed by atoms with Gasteiger partial charge in [0.2, 0.25) is 0 Å². The van der Waals surface area contributed by atoms with Crippen LogP contribution in [-0.4, -0.2) is 35.2 Å². The van der Waals surface area contributed by atoms with Crippen molar-refractivity contribution < 1.29 is 9.84 Å². The fourth-order valence-electron chi connectivity index (χ4n) is 4.42. The topological polar surface area (TPSA) is 45.6 Å². The Kier molecular flexibility index (Phi) is 4.36. The molecule has 1 aliphatic heterocycles. The molecule has 0 fully saturated rings. The van der Waals surface area contributed by atoms with Crippen LogP contribution >= 0.6 is 0 Å². The van der Waals surface area contributed by atoms with Crippen molar-refractivity contribution in [1.82, 2.24) is 9.88 Å². The Bertz CT molecular complexity index is 1230. The Balaban J connectivity index is 1.82. The minimum absolute atomic E-state index is 0.161. The first-order valence-corrected chi connectivity index (χ1v) is 10.1. The van der Waals surface area contributed by atoms with Crippen molar-refractivity contribution in [2.24, 2.45) is 0 Å². The summed E-state index contributed by atoms with van der Waals surface area (Å²) in [6.07, 6.45) is 1.00. The van der Waals surface area contributed by atoms with Crippen molar-refractivity contribution in [1.29, 1.82) is 0 Å². The van der Waals surface area contributed by atoms with Crippen LogP contribution in [0.25, 0.3) is 32.9 Å². The molecular weight excluding hydrogens is 360 g/mol. The highest BCUT2D eigenvalue weighted by Crippen LogP contribution is 2.39. The molecule has 1 N–H and O–H groups in total. The maximum absolute atomic E-state index is 10.1. The lowest BCUT2D eigenvalue weighted by molar-refractivity contribution is 0.314. The largest absolute Gasteiger partial charge is 0.504 e. The third kappa shape index (κ3) is 3.00. The molecule has 146 valence electrons. The molecule has 1 aliphatic rings. The Morgan fingerprint density at radius 1 is 1.07 bits per heavy atom. The first-order chi connectivity index (χ1) is 14.2. The van der Waals surface area contributed by atoms with Gasteiger partial charge in [-0.1, -0.05) is 30.3 Å². The third-order valence-electron chi connectivity index (χ3n) is 5.80. The number of aromatic hydroxyl groups is 1. The van der Waals surface area contributed by atoms with Crippen molar-refractivity contribution in [3.05, 3.63) is 65.7 Å². The molecule has 0 saturated carbocycles. The van der Waals surface area contributed by atoms with Crippen molar-refractivity contribution in [2.75, 3.05) is 20.2 Å². The molecule has 4 heteroatoms. The molecule has 0 saturated heterocycles. The Morgan fingerprint density at radius 2 is 1.93 bits per heavy atom. The van der Waals surface area contributed by atoms with E-state index in [0.717, 1.165) is 36.3 Å². The van der Waals surface area contributed by atoms with Gasteiger partial charge in [-0.05, 0) is 66.6 Å². The number of phenols is 1. The molecule has 0 amide bonds. The number of hydrogen-bond donors (Lipinski definition) is 1. The maximum atomic E-state index is 10.1. The number of phenolic OH excluding ortho intramolecular Hbond substituents is 1. The fourth-order valence-corrected chi connectivity index (χ4v) is 4.42. The normalized spacial score (nSPS) is 14.3. The minimum Gasteiger partial charge on any atom is -0.504 e. The molecular formula is C25H24N2O2. The second-order valence-corrected chi connectivity index (χ2v) is 7.70. The zero-order valence-corrected chi connectivity index (χ0v) is 16.8. The van der Waals surface area contributed by atoms with Gasteiger partial charge in [0.15, 0.2) is 11.5 Å². The zero-order valence-electron chi connectivity index (χ0n) is 16.8. The highest BCUT2D eigenvalue weighted by atomic mass is 16.5. The summed E-state index contributed by atoms with van der Waals surface area (Å²) in [7, 11) is 2.16. The van der Waals surface area contributed by atoms with Crippen molar-refractivity contribution in [2.45, 2.75) is 19.9 Å². The highest BCUT2D eigenvalue weighted by Gasteiger charge is 2.23. The maximum Gasteiger partial charge on any atom is 0.161 e. The average Bonchev–Trinajstić information content (AvgIpc) is 2.74. The van der Waals surface area contributed by atoms with E-state index in [2.05, 4.69) is 48.3 Å². The summed E-state index contributed by atoms with van der Waals surface area (Å²) >= 11 is 0. The number of nitrogens with zero attached hydrogens (tertiary/aromatic N) is 2. The standard InChI is InChI=1S/C25H24N2O2/c1-3-29-23-14-17(9-11-22(23)28)25-20-15-27(2)13-12-19(20)24-18-7-5-4-6-16(18)8-10-21(24)26-25/h4-11,14,28H,3,12-13,15H2,1-2H3. The van der Waals surface area contributed by atoms with Crippen LogP contribution in [0.3, 0.4) is 0 Å². The number of pyridine rings is 1. The molecule has 0 spiro atoms. The lowest BCUT2D eigenvalue weighted by atomic mass is 9.89. The van der Waals surface area contributed by atoms with Gasteiger partial charge in [0, 0.05) is 24.0 Å². The number of hydrogen-bond acceptors (Lipinski definition) is 4. The lowest BCUT2D eigenvalue weighted by Gasteiger charge is -2.28. The number of likely N-dealkylation sites (N-methyl/N-ethyl adjacent to an activating group) is 1. The molecule has 2 heterocycles. The number of fused-ring (bicyclic) bond motifs is 5. The number of ether oxygens (including phenoxy) is 1. The molecule has 0 radical (unpaired) electrons. The van der Waals surface area contributed by atoms with E-state index in [9.17, 15) is 5.11 Å². The minimum atomic E-state index is 0.161. The predicted molar refractivity (Wildman–Crippen MR) is 118 cm³/mol. The lowest BCUT2D eigenvalue weighted by Crippen LogP contribution is -2.27. The van der Waals surface area contributed by atoms with Gasteiger partial charge >= 0.3 is 0 Å². The van der Waals surface area contributed by atoms with Gasteiger partial charge in [-0.15, -0.1) is 0 Å². The molecule has 5 rings (SSSR count). The van der Waals surface area contributed by atoms with Crippen LogP contribution in [-0.2, 0) is 13.0 Å². The van der Waals surface area contributed by atoms with Gasteiger partial charge in [-0.2, -0.15) is 0 Å². The van der Waals surface area contributed by atoms with Crippen LogP contribution in [0.1, 0.15) is 18.1 Å². The van der Waals surface area contributed by atoms with Crippen LogP contribution in [0, 0.1) is 0 Å². The van der Waals surface area contributed by atoms with Crippen molar-refractivity contribution >= 4 is 21.7 Å². The smallest absolute Gasteiger partial charge is 0.161 e. The first kappa shape index (κ1) is 18.0. The Labute approximate surface area is 170 Å². The monoisotopic (exact) mass is 384 g/mol. The van der Waals surface area contributed by atoms with E-state index >= 15 is 0 Å². The van der Waals surface area contributed by atoms with E-state index in [-0.39, 0.29) is 5.75 Å². The van der Waals surface area contributed by atoms with E-state index in [1.165, 1.54) is 27.3 Å². The van der Waals surface area contributed by atoms with E-state index in [4.69, 9.17) is 9.72 Å². The van der Waals surface area contributed by atoms with Gasteiger partial charge in [0.05, 0.1) is 17.8 Å². The number of benzene rings is 3. The first-order valence-electron chi connectivity index (χ1n) is 10.1. The summed E-state index contributed by atoms with van der Waals surface area (Å²) in [5.41, 5.74) is 5.65. The average molecular weight is 384 g/mol. The summed E-state index contributed by atoms with van der Waals surface area (Å²) in [6, 6.07) is 18.4. The second kappa shape index (κ2) is 7.05. The van der Waals surface area contributed by atoms with Crippen LogP contribution in [0.15, 0.2) is 54.6 Å². The van der Waals surface area contributed by atoms with E-state index in [1.54, 1.807) is 6.07 Å². The van der Waals surface area contributed by atoms with Gasteiger partial charge in [-0.25, -0.2) is 4.98 Å². The Morgan fingerprint density at radius 3 is 2.79 bits per heavy atom. The highest BCUT2D eigenvalue weighted by molar-refractivity contribution is 6.09. The number of aromatic nitrogens is 1. The van der Waals surface area contributed by atoms with E-state index < -0.39 is 0 Å². The molecule has 4 nitrogen and oxygen atoms in total.